The summed E-state index contributed by atoms with van der Waals surface area (Å²) >= 11 is 0. The number of rotatable bonds is 4. The zero-order valence-corrected chi connectivity index (χ0v) is 21.2. The third-order valence-electron chi connectivity index (χ3n) is 7.38. The molecule has 0 radical (unpaired) electrons. The van der Waals surface area contributed by atoms with Crippen molar-refractivity contribution < 1.29 is 18.5 Å². The lowest BCUT2D eigenvalue weighted by atomic mass is 9.79. The highest BCUT2D eigenvalue weighted by Crippen LogP contribution is 2.38. The zero-order valence-electron chi connectivity index (χ0n) is 20.2. The molecule has 2 aliphatic heterocycles. The molecule has 0 bridgehead atoms. The van der Waals surface area contributed by atoms with E-state index in [1.165, 1.54) is 0 Å². The van der Waals surface area contributed by atoms with Crippen LogP contribution in [0.2, 0.25) is 18.1 Å². The zero-order chi connectivity index (χ0) is 22.5. The van der Waals surface area contributed by atoms with Gasteiger partial charge in [0.1, 0.15) is 0 Å². The number of hydrogen-bond acceptors (Lipinski definition) is 4. The molecule has 0 unspecified atom stereocenters. The summed E-state index contributed by atoms with van der Waals surface area (Å²) in [5.41, 5.74) is 0.885. The molecule has 1 aromatic rings. The van der Waals surface area contributed by atoms with Gasteiger partial charge in [0.25, 0.3) is 5.91 Å². The lowest BCUT2D eigenvalue weighted by Gasteiger charge is -2.38. The molecule has 1 atom stereocenters. The fraction of sp³-hybridized carbons (Fsp3) is 0.696. The van der Waals surface area contributed by atoms with Gasteiger partial charge in [-0.15, -0.1) is 0 Å². The summed E-state index contributed by atoms with van der Waals surface area (Å²) in [5.74, 6) is 0.0665. The number of likely N-dealkylation sites (tertiary alicyclic amines) is 1. The van der Waals surface area contributed by atoms with E-state index in [1.807, 2.05) is 56.9 Å². The molecule has 2 saturated heterocycles. The molecule has 0 aliphatic carbocycles. The highest BCUT2D eigenvalue weighted by Gasteiger charge is 2.51. The van der Waals surface area contributed by atoms with E-state index in [9.17, 15) is 4.79 Å². The average molecular weight is 431 g/mol. The molecule has 1 amide bonds. The van der Waals surface area contributed by atoms with Gasteiger partial charge < -0.3 is 18.6 Å². The topological polar surface area (TPSA) is 48.0 Å². The van der Waals surface area contributed by atoms with Crippen molar-refractivity contribution in [3.63, 3.8) is 0 Å². The first kappa shape index (κ1) is 23.5. The predicted octanol–water partition coefficient (Wildman–Crippen LogP) is 4.22. The Bertz CT molecular complexity index is 769. The largest absolute Gasteiger partial charge is 0.494 e. The highest BCUT2D eigenvalue weighted by molar-refractivity contribution is 6.74. The second-order valence-corrected chi connectivity index (χ2v) is 16.0. The van der Waals surface area contributed by atoms with E-state index in [4.69, 9.17) is 13.7 Å². The summed E-state index contributed by atoms with van der Waals surface area (Å²) < 4.78 is 18.7. The van der Waals surface area contributed by atoms with Gasteiger partial charge in [-0.25, -0.2) is 0 Å². The van der Waals surface area contributed by atoms with Gasteiger partial charge in [-0.05, 0) is 69.8 Å². The fourth-order valence-corrected chi connectivity index (χ4v) is 4.93. The van der Waals surface area contributed by atoms with Crippen LogP contribution in [0.5, 0.6) is 0 Å². The molecule has 2 aliphatic rings. The van der Waals surface area contributed by atoms with E-state index in [2.05, 4.69) is 33.9 Å². The Morgan fingerprint density at radius 2 is 1.63 bits per heavy atom. The molecule has 1 aromatic carbocycles. The van der Waals surface area contributed by atoms with Gasteiger partial charge in [-0.1, -0.05) is 32.9 Å². The molecule has 5 nitrogen and oxygen atoms in total. The van der Waals surface area contributed by atoms with Crippen LogP contribution in [0, 0.1) is 0 Å². The third kappa shape index (κ3) is 4.54. The molecule has 166 valence electrons. The molecule has 2 heterocycles. The van der Waals surface area contributed by atoms with Gasteiger partial charge in [-0.3, -0.25) is 4.79 Å². The second-order valence-electron chi connectivity index (χ2n) is 11.3. The fourth-order valence-electron chi connectivity index (χ4n) is 3.55. The first-order chi connectivity index (χ1) is 13.6. The van der Waals surface area contributed by atoms with Gasteiger partial charge in [-0.2, -0.15) is 0 Å². The molecule has 0 saturated carbocycles. The van der Waals surface area contributed by atoms with Crippen LogP contribution in [0.1, 0.15) is 65.2 Å². The standard InChI is InChI=1S/C23H38BNO4Si/c1-21(2,3)30(8,9)27-19-14-15-25(16-19)20(26)17-10-12-18(13-11-17)24-28-22(4,5)23(6,7)29-24/h10-13,19H,14-16H2,1-9H3/t19-/m1/s1. The molecule has 0 spiro atoms. The van der Waals surface area contributed by atoms with Crippen molar-refractivity contribution in [1.29, 1.82) is 0 Å². The Morgan fingerprint density at radius 1 is 1.10 bits per heavy atom. The Balaban J connectivity index is 1.62. The summed E-state index contributed by atoms with van der Waals surface area (Å²) in [6, 6.07) is 7.64. The smallest absolute Gasteiger partial charge is 0.412 e. The Morgan fingerprint density at radius 3 is 2.13 bits per heavy atom. The maximum absolute atomic E-state index is 13.0. The quantitative estimate of drug-likeness (QED) is 0.670. The van der Waals surface area contributed by atoms with Gasteiger partial charge in [0.05, 0.1) is 17.3 Å². The Kier molecular flexibility index (Phi) is 6.09. The Labute approximate surface area is 183 Å². The summed E-state index contributed by atoms with van der Waals surface area (Å²) in [4.78, 5) is 14.9. The van der Waals surface area contributed by atoms with Crippen LogP contribution in [0.25, 0.3) is 0 Å². The summed E-state index contributed by atoms with van der Waals surface area (Å²) in [6.45, 7) is 20.9. The number of carbonyl (C=O) groups excluding carboxylic acids is 1. The van der Waals surface area contributed by atoms with Crippen LogP contribution in [-0.4, -0.2) is 56.6 Å². The van der Waals surface area contributed by atoms with Crippen LogP contribution in [0.3, 0.4) is 0 Å². The summed E-state index contributed by atoms with van der Waals surface area (Å²) in [6.07, 6.45) is 1.04. The number of nitrogens with zero attached hydrogens (tertiary/aromatic N) is 1. The van der Waals surface area contributed by atoms with Crippen molar-refractivity contribution >= 4 is 26.8 Å². The van der Waals surface area contributed by atoms with Crippen LogP contribution in [0.15, 0.2) is 24.3 Å². The van der Waals surface area contributed by atoms with Crippen molar-refractivity contribution in [1.82, 2.24) is 4.90 Å². The van der Waals surface area contributed by atoms with Crippen LogP contribution in [-0.2, 0) is 13.7 Å². The van der Waals surface area contributed by atoms with E-state index in [1.54, 1.807) is 0 Å². The first-order valence-corrected chi connectivity index (χ1v) is 14.0. The highest BCUT2D eigenvalue weighted by atomic mass is 28.4. The molecule has 0 N–H and O–H groups in total. The predicted molar refractivity (Wildman–Crippen MR) is 125 cm³/mol. The first-order valence-electron chi connectivity index (χ1n) is 11.1. The SMILES string of the molecule is CC1(C)OB(c2ccc(C(=O)N3CC[C@@H](O[Si](C)(C)C(C)(C)C)C3)cc2)OC1(C)C. The third-order valence-corrected chi connectivity index (χ3v) is 11.9. The monoisotopic (exact) mass is 431 g/mol. The molecule has 2 fully saturated rings. The minimum atomic E-state index is -1.83. The van der Waals surface area contributed by atoms with E-state index < -0.39 is 15.4 Å². The van der Waals surface area contributed by atoms with Crippen LogP contribution in [0.4, 0.5) is 0 Å². The minimum Gasteiger partial charge on any atom is -0.412 e. The molecule has 3 rings (SSSR count). The number of amides is 1. The molecule has 30 heavy (non-hydrogen) atoms. The van der Waals surface area contributed by atoms with Gasteiger partial charge in [0.2, 0.25) is 0 Å². The van der Waals surface area contributed by atoms with Crippen molar-refractivity contribution in [3.8, 4) is 0 Å². The van der Waals surface area contributed by atoms with Crippen molar-refractivity contribution in [2.45, 2.75) is 90.3 Å². The van der Waals surface area contributed by atoms with Gasteiger partial charge >= 0.3 is 7.12 Å². The lowest BCUT2D eigenvalue weighted by molar-refractivity contribution is 0.00578. The van der Waals surface area contributed by atoms with Crippen molar-refractivity contribution in [3.05, 3.63) is 29.8 Å². The van der Waals surface area contributed by atoms with Gasteiger partial charge in [0.15, 0.2) is 8.32 Å². The molecule has 7 heteroatoms. The molecular formula is C23H38BNO4Si. The number of carbonyl (C=O) groups is 1. The molecular weight excluding hydrogens is 393 g/mol. The van der Waals surface area contributed by atoms with Crippen molar-refractivity contribution in [2.75, 3.05) is 13.1 Å². The maximum Gasteiger partial charge on any atom is 0.494 e. The number of benzene rings is 1. The van der Waals surface area contributed by atoms with E-state index in [0.29, 0.717) is 12.1 Å². The molecule has 0 aromatic heterocycles. The second kappa shape index (κ2) is 7.77. The van der Waals surface area contributed by atoms with E-state index in [-0.39, 0.29) is 28.3 Å². The average Bonchev–Trinajstić information content (AvgIpc) is 3.15. The van der Waals surface area contributed by atoms with E-state index >= 15 is 0 Å². The van der Waals surface area contributed by atoms with E-state index in [0.717, 1.165) is 18.4 Å². The van der Waals surface area contributed by atoms with Gasteiger partial charge in [0, 0.05) is 18.7 Å². The lowest BCUT2D eigenvalue weighted by Crippen LogP contribution is -2.44. The van der Waals surface area contributed by atoms with Crippen LogP contribution < -0.4 is 5.46 Å². The van der Waals surface area contributed by atoms with Crippen LogP contribution >= 0.6 is 0 Å². The summed E-state index contributed by atoms with van der Waals surface area (Å²) in [5, 5.41) is 0.174. The summed E-state index contributed by atoms with van der Waals surface area (Å²) in [7, 11) is -2.23. The minimum absolute atomic E-state index is 0.0665. The normalized spacial score (nSPS) is 23.8. The number of hydrogen-bond donors (Lipinski definition) is 0. The van der Waals surface area contributed by atoms with Crippen molar-refractivity contribution in [2.24, 2.45) is 0 Å². The Hall–Kier alpha value is -1.15. The maximum atomic E-state index is 13.0.